The average Bonchev–Trinajstić information content (AvgIpc) is 3.09. The number of amides is 1. The van der Waals surface area contributed by atoms with Gasteiger partial charge < -0.3 is 27.8 Å². The fourth-order valence-electron chi connectivity index (χ4n) is 3.24. The zero-order valence-electron chi connectivity index (χ0n) is 18.0. The lowest BCUT2D eigenvalue weighted by Crippen LogP contribution is -3.00. The van der Waals surface area contributed by atoms with E-state index in [1.165, 1.54) is 17.0 Å². The summed E-state index contributed by atoms with van der Waals surface area (Å²) in [6.45, 7) is 9.22. The fraction of sp³-hybridized carbons (Fsp3) is 0.364. The van der Waals surface area contributed by atoms with Gasteiger partial charge in [-0.05, 0) is 73.6 Å². The smallest absolute Gasteiger partial charge is 0.409 e. The first kappa shape index (κ1) is 24.6. The standard InChI is InChI=1S/C22H27N5O2S.ClH/c1-4-26(5-2)17-9-7-16(8-10-17)24-25-22-27(14-13-21(23)28)19-12-11-18(29-6-3)15-20(19)30-22;/h7-12,15H,4-6,13-14H2,1-3H3,(H-,23,28);1H. The van der Waals surface area contributed by atoms with E-state index in [9.17, 15) is 4.79 Å². The minimum atomic E-state index is -0.345. The summed E-state index contributed by atoms with van der Waals surface area (Å²) in [6, 6.07) is 13.9. The number of halogens is 1. The molecule has 9 heteroatoms. The van der Waals surface area contributed by atoms with Crippen molar-refractivity contribution in [2.75, 3.05) is 24.6 Å². The number of carbonyl (C=O) groups is 1. The molecule has 1 amide bonds. The summed E-state index contributed by atoms with van der Waals surface area (Å²) in [7, 11) is 0. The molecule has 2 aromatic carbocycles. The van der Waals surface area contributed by atoms with Crippen molar-refractivity contribution in [3.8, 4) is 5.75 Å². The molecular weight excluding hydrogens is 434 g/mol. The van der Waals surface area contributed by atoms with Crippen LogP contribution >= 0.6 is 11.3 Å². The highest BCUT2D eigenvalue weighted by molar-refractivity contribution is 7.21. The van der Waals surface area contributed by atoms with Gasteiger partial charge in [0.15, 0.2) is 0 Å². The van der Waals surface area contributed by atoms with Gasteiger partial charge in [0.2, 0.25) is 5.91 Å². The molecule has 3 rings (SSSR count). The van der Waals surface area contributed by atoms with Crippen LogP contribution in [0.4, 0.5) is 16.5 Å². The number of ether oxygens (including phenoxy) is 1. The van der Waals surface area contributed by atoms with Crippen molar-refractivity contribution in [2.45, 2.75) is 33.7 Å². The third-order valence-electron chi connectivity index (χ3n) is 4.78. The number of rotatable bonds is 10. The summed E-state index contributed by atoms with van der Waals surface area (Å²) in [6.07, 6.45) is 0.241. The number of azo groups is 1. The maximum Gasteiger partial charge on any atom is 0.409 e. The number of nitrogens with zero attached hydrogens (tertiary/aromatic N) is 4. The van der Waals surface area contributed by atoms with E-state index in [-0.39, 0.29) is 24.7 Å². The largest absolute Gasteiger partial charge is 1.00 e. The van der Waals surface area contributed by atoms with E-state index in [1.54, 1.807) is 0 Å². The minimum Gasteiger partial charge on any atom is -1.00 e. The van der Waals surface area contributed by atoms with Gasteiger partial charge in [-0.25, -0.2) is 4.57 Å². The quantitative estimate of drug-likeness (QED) is 0.368. The van der Waals surface area contributed by atoms with Crippen LogP contribution in [0, 0.1) is 0 Å². The zero-order valence-corrected chi connectivity index (χ0v) is 19.6. The van der Waals surface area contributed by atoms with Crippen molar-refractivity contribution in [3.05, 3.63) is 42.5 Å². The number of benzene rings is 2. The molecule has 2 N–H and O–H groups in total. The highest BCUT2D eigenvalue weighted by atomic mass is 35.5. The van der Waals surface area contributed by atoms with Crippen LogP contribution < -0.4 is 32.3 Å². The highest BCUT2D eigenvalue weighted by Crippen LogP contribution is 2.31. The predicted octanol–water partition coefficient (Wildman–Crippen LogP) is 1.73. The van der Waals surface area contributed by atoms with Crippen molar-refractivity contribution < 1.29 is 26.5 Å². The van der Waals surface area contributed by atoms with Gasteiger partial charge in [0.1, 0.15) is 23.5 Å². The molecule has 0 atom stereocenters. The number of aryl methyl sites for hydroxylation is 1. The van der Waals surface area contributed by atoms with Crippen molar-refractivity contribution >= 4 is 44.0 Å². The van der Waals surface area contributed by atoms with Gasteiger partial charge in [-0.1, -0.05) is 0 Å². The van der Waals surface area contributed by atoms with E-state index < -0.39 is 0 Å². The molecule has 1 heterocycles. The number of anilines is 1. The number of fused-ring (bicyclic) bond motifs is 1. The first-order valence-corrected chi connectivity index (χ1v) is 11.0. The molecule has 0 fully saturated rings. The molecular formula is C22H28ClN5O2S. The van der Waals surface area contributed by atoms with Gasteiger partial charge in [-0.3, -0.25) is 4.79 Å². The summed E-state index contributed by atoms with van der Waals surface area (Å²) >= 11 is 1.51. The van der Waals surface area contributed by atoms with Gasteiger partial charge in [0.05, 0.1) is 22.8 Å². The van der Waals surface area contributed by atoms with Gasteiger partial charge in [-0.2, -0.15) is 0 Å². The number of hydrogen-bond donors (Lipinski definition) is 1. The lowest BCUT2D eigenvalue weighted by atomic mass is 10.2. The summed E-state index contributed by atoms with van der Waals surface area (Å²) in [5.74, 6) is 0.464. The number of hydrogen-bond acceptors (Lipinski definition) is 6. The highest BCUT2D eigenvalue weighted by Gasteiger charge is 2.20. The van der Waals surface area contributed by atoms with E-state index in [2.05, 4.69) is 41.1 Å². The second-order valence-corrected chi connectivity index (χ2v) is 7.71. The molecule has 7 nitrogen and oxygen atoms in total. The third kappa shape index (κ3) is 6.15. The molecule has 1 aromatic heterocycles. The van der Waals surface area contributed by atoms with Crippen LogP contribution in [0.5, 0.6) is 5.75 Å². The van der Waals surface area contributed by atoms with Crippen molar-refractivity contribution in [2.24, 2.45) is 16.0 Å². The fourth-order valence-corrected chi connectivity index (χ4v) is 4.28. The maximum atomic E-state index is 11.3. The van der Waals surface area contributed by atoms with Crippen molar-refractivity contribution in [3.63, 3.8) is 0 Å². The zero-order chi connectivity index (χ0) is 21.5. The van der Waals surface area contributed by atoms with Gasteiger partial charge in [0.25, 0.3) is 0 Å². The SMILES string of the molecule is CCOc1ccc2c(c1)sc(N=Nc1ccc(N(CC)CC)cc1)[n+]2CCC(N)=O.[Cl-]. The predicted molar refractivity (Wildman–Crippen MR) is 121 cm³/mol. The monoisotopic (exact) mass is 461 g/mol. The molecule has 0 aliphatic rings. The molecule has 0 bridgehead atoms. The number of carbonyl (C=O) groups excluding carboxylic acids is 1. The molecule has 0 unspecified atom stereocenters. The molecule has 0 aliphatic heterocycles. The third-order valence-corrected chi connectivity index (χ3v) is 5.81. The summed E-state index contributed by atoms with van der Waals surface area (Å²) < 4.78 is 8.61. The average molecular weight is 462 g/mol. The Balaban J connectivity index is 0.00000341. The Morgan fingerprint density at radius 3 is 2.42 bits per heavy atom. The molecule has 0 spiro atoms. The van der Waals surface area contributed by atoms with E-state index in [0.717, 1.165) is 34.7 Å². The van der Waals surface area contributed by atoms with Crippen LogP contribution in [-0.2, 0) is 11.3 Å². The molecule has 31 heavy (non-hydrogen) atoms. The van der Waals surface area contributed by atoms with Crippen molar-refractivity contribution in [1.29, 1.82) is 0 Å². The first-order valence-electron chi connectivity index (χ1n) is 10.2. The lowest BCUT2D eigenvalue weighted by molar-refractivity contribution is -0.653. The van der Waals surface area contributed by atoms with Crippen molar-refractivity contribution in [1.82, 2.24) is 0 Å². The number of nitrogens with two attached hydrogens (primary N) is 1. The topological polar surface area (TPSA) is 84.2 Å². The van der Waals surface area contributed by atoms with Gasteiger partial charge >= 0.3 is 5.13 Å². The maximum absolute atomic E-state index is 11.3. The molecule has 166 valence electrons. The van der Waals surface area contributed by atoms with Gasteiger partial charge in [0, 0.05) is 24.8 Å². The Morgan fingerprint density at radius 1 is 1.10 bits per heavy atom. The molecule has 0 saturated carbocycles. The Bertz CT molecular complexity index is 1030. The molecule has 3 aromatic rings. The second kappa shape index (κ2) is 11.6. The Kier molecular flexibility index (Phi) is 9.21. The summed E-state index contributed by atoms with van der Waals surface area (Å²) in [4.78, 5) is 13.6. The molecule has 0 radical (unpaired) electrons. The van der Waals surface area contributed by atoms with E-state index >= 15 is 0 Å². The number of primary amides is 1. The van der Waals surface area contributed by atoms with Crippen LogP contribution in [-0.4, -0.2) is 25.6 Å². The van der Waals surface area contributed by atoms with Crippen LogP contribution in [0.15, 0.2) is 52.7 Å². The Hall–Kier alpha value is -2.71. The molecule has 0 saturated heterocycles. The minimum absolute atomic E-state index is 0. The van der Waals surface area contributed by atoms with E-state index in [1.807, 2.05) is 41.8 Å². The van der Waals surface area contributed by atoms with Crippen LogP contribution in [0.1, 0.15) is 27.2 Å². The van der Waals surface area contributed by atoms with E-state index in [0.29, 0.717) is 18.3 Å². The summed E-state index contributed by atoms with van der Waals surface area (Å²) in [5, 5.41) is 9.62. The van der Waals surface area contributed by atoms with Crippen LogP contribution in [0.25, 0.3) is 10.2 Å². The number of aromatic nitrogens is 1. The summed E-state index contributed by atoms with van der Waals surface area (Å²) in [5.41, 5.74) is 8.29. The Labute approximate surface area is 192 Å². The second-order valence-electron chi connectivity index (χ2n) is 6.70. The van der Waals surface area contributed by atoms with E-state index in [4.69, 9.17) is 10.5 Å². The molecule has 0 aliphatic carbocycles. The Morgan fingerprint density at radius 2 is 1.81 bits per heavy atom. The normalized spacial score (nSPS) is 10.9. The lowest BCUT2D eigenvalue weighted by Gasteiger charge is -2.20. The van der Waals surface area contributed by atoms with Crippen LogP contribution in [0.2, 0.25) is 0 Å². The van der Waals surface area contributed by atoms with Crippen LogP contribution in [0.3, 0.4) is 0 Å². The van der Waals surface area contributed by atoms with Gasteiger partial charge in [-0.15, -0.1) is 0 Å². The first-order chi connectivity index (χ1) is 14.5. The number of thiazole rings is 1.